The molecule has 0 amide bonds. The van der Waals surface area contributed by atoms with Gasteiger partial charge in [0.1, 0.15) is 0 Å². The van der Waals surface area contributed by atoms with E-state index in [1.54, 1.807) is 0 Å². The molecule has 1 heterocycles. The van der Waals surface area contributed by atoms with E-state index in [-0.39, 0.29) is 0 Å². The maximum absolute atomic E-state index is 4.24. The number of hydrogen-bond donors (Lipinski definition) is 0. The van der Waals surface area contributed by atoms with E-state index in [0.717, 1.165) is 0 Å². The van der Waals surface area contributed by atoms with Gasteiger partial charge in [0.05, 0.1) is 12.1 Å². The summed E-state index contributed by atoms with van der Waals surface area (Å²) in [7, 11) is 0. The van der Waals surface area contributed by atoms with E-state index in [1.165, 1.54) is 25.7 Å². The van der Waals surface area contributed by atoms with Crippen LogP contribution in [0.3, 0.4) is 0 Å². The van der Waals surface area contributed by atoms with Crippen molar-refractivity contribution in [2.75, 3.05) is 0 Å². The third-order valence-electron chi connectivity index (χ3n) is 3.21. The molecular formula is C7H10N2. The van der Waals surface area contributed by atoms with E-state index in [2.05, 4.69) is 10.2 Å². The summed E-state index contributed by atoms with van der Waals surface area (Å²) in [6, 6.07) is 1.31. The summed E-state index contributed by atoms with van der Waals surface area (Å²) < 4.78 is 0. The lowest BCUT2D eigenvalue weighted by atomic mass is 9.99. The van der Waals surface area contributed by atoms with Gasteiger partial charge < -0.3 is 0 Å². The Labute approximate surface area is 54.4 Å². The fourth-order valence-electron chi connectivity index (χ4n) is 2.43. The Morgan fingerprint density at radius 3 is 1.78 bits per heavy atom. The molecule has 0 saturated heterocycles. The first-order chi connectivity index (χ1) is 4.42. The number of rotatable bonds is 0. The molecule has 0 N–H and O–H groups in total. The highest BCUT2D eigenvalue weighted by atomic mass is 15.2. The number of hydrogen-bond acceptors (Lipinski definition) is 2. The Morgan fingerprint density at radius 2 is 1.56 bits per heavy atom. The first-order valence-corrected chi connectivity index (χ1v) is 3.82. The second-order valence-electron chi connectivity index (χ2n) is 3.57. The van der Waals surface area contributed by atoms with Crippen molar-refractivity contribution in [3.05, 3.63) is 0 Å². The molecule has 0 radical (unpaired) electrons. The van der Waals surface area contributed by atoms with Crippen molar-refractivity contribution in [3.8, 4) is 0 Å². The molecule has 1 aliphatic heterocycles. The molecule has 0 aromatic heterocycles. The van der Waals surface area contributed by atoms with Crippen LogP contribution >= 0.6 is 0 Å². The summed E-state index contributed by atoms with van der Waals surface area (Å²) in [5, 5.41) is 8.49. The molecular weight excluding hydrogens is 112 g/mol. The van der Waals surface area contributed by atoms with Crippen LogP contribution in [-0.2, 0) is 0 Å². The van der Waals surface area contributed by atoms with Gasteiger partial charge in [-0.3, -0.25) is 0 Å². The predicted molar refractivity (Wildman–Crippen MR) is 33.3 cm³/mol. The molecule has 2 fully saturated rings. The van der Waals surface area contributed by atoms with Crippen LogP contribution in [0.1, 0.15) is 25.7 Å². The lowest BCUT2D eigenvalue weighted by Gasteiger charge is -2.06. The van der Waals surface area contributed by atoms with E-state index >= 15 is 0 Å². The second kappa shape index (κ2) is 1.07. The molecule has 2 bridgehead atoms. The first kappa shape index (κ1) is 4.42. The van der Waals surface area contributed by atoms with E-state index in [4.69, 9.17) is 0 Å². The summed E-state index contributed by atoms with van der Waals surface area (Å²) in [5.74, 6) is 0. The molecule has 2 aliphatic carbocycles. The van der Waals surface area contributed by atoms with E-state index in [1.807, 2.05) is 0 Å². The standard InChI is InChI=1S/C7H10N2/c1-2-6-7(3-4-7)5(1)8-9-6/h5-6H,1-4H2/t5-,6-/m1/s1. The van der Waals surface area contributed by atoms with Gasteiger partial charge in [-0.25, -0.2) is 0 Å². The zero-order valence-electron chi connectivity index (χ0n) is 5.38. The highest BCUT2D eigenvalue weighted by Crippen LogP contribution is 2.63. The topological polar surface area (TPSA) is 24.7 Å². The van der Waals surface area contributed by atoms with Crippen LogP contribution in [-0.4, -0.2) is 12.1 Å². The molecule has 0 aromatic carbocycles. The Kier molecular flexibility index (Phi) is 0.525. The fraction of sp³-hybridized carbons (Fsp3) is 1.00. The smallest absolute Gasteiger partial charge is 0.0786 e. The van der Waals surface area contributed by atoms with Crippen molar-refractivity contribution < 1.29 is 0 Å². The van der Waals surface area contributed by atoms with E-state index in [9.17, 15) is 0 Å². The molecule has 2 heteroatoms. The van der Waals surface area contributed by atoms with Gasteiger partial charge >= 0.3 is 0 Å². The molecule has 2 atom stereocenters. The Balaban J connectivity index is 2.10. The summed E-state index contributed by atoms with van der Waals surface area (Å²) in [4.78, 5) is 0. The predicted octanol–water partition coefficient (Wildman–Crippen LogP) is 1.76. The molecule has 0 aromatic rings. The van der Waals surface area contributed by atoms with Crippen LogP contribution in [0.4, 0.5) is 0 Å². The third kappa shape index (κ3) is 0.337. The van der Waals surface area contributed by atoms with Gasteiger partial charge in [0.25, 0.3) is 0 Å². The lowest BCUT2D eigenvalue weighted by molar-refractivity contribution is 0.479. The van der Waals surface area contributed by atoms with Crippen molar-refractivity contribution in [2.45, 2.75) is 37.8 Å². The quantitative estimate of drug-likeness (QED) is 0.467. The van der Waals surface area contributed by atoms with Crippen LogP contribution in [0.5, 0.6) is 0 Å². The molecule has 9 heavy (non-hydrogen) atoms. The van der Waals surface area contributed by atoms with Crippen molar-refractivity contribution in [3.63, 3.8) is 0 Å². The Bertz CT molecular complexity index is 165. The van der Waals surface area contributed by atoms with Gasteiger partial charge in [-0.05, 0) is 25.7 Å². The maximum atomic E-state index is 4.24. The number of azo groups is 1. The molecule has 0 unspecified atom stereocenters. The normalized spacial score (nSPS) is 48.9. The largest absolute Gasteiger partial charge is 0.190 e. The average Bonchev–Trinajstić information content (AvgIpc) is 2.53. The van der Waals surface area contributed by atoms with Crippen molar-refractivity contribution in [1.29, 1.82) is 0 Å². The van der Waals surface area contributed by atoms with Crippen molar-refractivity contribution in [1.82, 2.24) is 0 Å². The number of nitrogens with zero attached hydrogens (tertiary/aromatic N) is 2. The Morgan fingerprint density at radius 1 is 1.00 bits per heavy atom. The summed E-state index contributed by atoms with van der Waals surface area (Å²) in [5.41, 5.74) is 0.639. The molecule has 1 spiro atoms. The highest BCUT2D eigenvalue weighted by molar-refractivity contribution is 5.16. The van der Waals surface area contributed by atoms with Gasteiger partial charge in [-0.2, -0.15) is 10.2 Å². The van der Waals surface area contributed by atoms with E-state index in [0.29, 0.717) is 17.5 Å². The van der Waals surface area contributed by atoms with Gasteiger partial charge in [-0.15, -0.1) is 0 Å². The van der Waals surface area contributed by atoms with Crippen LogP contribution in [0.25, 0.3) is 0 Å². The highest BCUT2D eigenvalue weighted by Gasteiger charge is 2.62. The van der Waals surface area contributed by atoms with Gasteiger partial charge in [0.15, 0.2) is 0 Å². The average molecular weight is 122 g/mol. The van der Waals surface area contributed by atoms with Crippen LogP contribution in [0.15, 0.2) is 10.2 Å². The summed E-state index contributed by atoms with van der Waals surface area (Å²) in [6.45, 7) is 0. The van der Waals surface area contributed by atoms with Gasteiger partial charge in [-0.1, -0.05) is 0 Å². The monoisotopic (exact) mass is 122 g/mol. The van der Waals surface area contributed by atoms with Crippen molar-refractivity contribution in [2.24, 2.45) is 15.6 Å². The van der Waals surface area contributed by atoms with E-state index < -0.39 is 0 Å². The molecule has 2 saturated carbocycles. The molecule has 2 nitrogen and oxygen atoms in total. The third-order valence-corrected chi connectivity index (χ3v) is 3.21. The molecule has 3 rings (SSSR count). The summed E-state index contributed by atoms with van der Waals surface area (Å²) in [6.07, 6.45) is 5.48. The fourth-order valence-corrected chi connectivity index (χ4v) is 2.43. The molecule has 3 aliphatic rings. The minimum atomic E-state index is 0.639. The minimum Gasteiger partial charge on any atom is -0.190 e. The van der Waals surface area contributed by atoms with Crippen LogP contribution in [0, 0.1) is 5.41 Å². The van der Waals surface area contributed by atoms with Crippen LogP contribution in [0.2, 0.25) is 0 Å². The first-order valence-electron chi connectivity index (χ1n) is 3.82. The maximum Gasteiger partial charge on any atom is 0.0786 e. The second-order valence-corrected chi connectivity index (χ2v) is 3.57. The Hall–Kier alpha value is -0.400. The summed E-state index contributed by atoms with van der Waals surface area (Å²) >= 11 is 0. The lowest BCUT2D eigenvalue weighted by Crippen LogP contribution is -2.14. The SMILES string of the molecule is C1C[C@H]2N=N[C@H]1C21CC1. The molecule has 48 valence electrons. The van der Waals surface area contributed by atoms with Gasteiger partial charge in [0, 0.05) is 5.41 Å². The zero-order valence-corrected chi connectivity index (χ0v) is 5.38. The van der Waals surface area contributed by atoms with Crippen molar-refractivity contribution >= 4 is 0 Å². The zero-order chi connectivity index (χ0) is 5.90. The van der Waals surface area contributed by atoms with Gasteiger partial charge in [0.2, 0.25) is 0 Å². The minimum absolute atomic E-state index is 0.639. The van der Waals surface area contributed by atoms with Crippen LogP contribution < -0.4 is 0 Å².